The minimum Gasteiger partial charge on any atom is -0.360 e. The molecule has 0 fully saturated rings. The Morgan fingerprint density at radius 2 is 2.12 bits per heavy atom. The normalized spacial score (nSPS) is 10.4. The number of benzene rings is 1. The molecule has 0 saturated heterocycles. The second-order valence-electron chi connectivity index (χ2n) is 3.79. The predicted octanol–water partition coefficient (Wildman–Crippen LogP) is 2.81. The fourth-order valence-corrected chi connectivity index (χ4v) is 2.17. The molecule has 1 heterocycles. The molecule has 0 amide bonds. The van der Waals surface area contributed by atoms with Crippen molar-refractivity contribution in [3.8, 4) is 0 Å². The second kappa shape index (κ2) is 5.07. The number of nitrogens with zero attached hydrogens (tertiary/aromatic N) is 2. The van der Waals surface area contributed by atoms with Gasteiger partial charge in [0.1, 0.15) is 5.01 Å². The summed E-state index contributed by atoms with van der Waals surface area (Å²) < 4.78 is 0. The van der Waals surface area contributed by atoms with Gasteiger partial charge in [0.15, 0.2) is 0 Å². The summed E-state index contributed by atoms with van der Waals surface area (Å²) in [5, 5.41) is 13.2. The molecule has 0 saturated carbocycles. The van der Waals surface area contributed by atoms with Gasteiger partial charge in [0.05, 0.1) is 0 Å². The maximum absolute atomic E-state index is 4.02. The molecule has 0 bridgehead atoms. The van der Waals surface area contributed by atoms with E-state index in [-0.39, 0.29) is 0 Å². The van der Waals surface area contributed by atoms with Crippen LogP contribution in [-0.4, -0.2) is 16.7 Å². The highest BCUT2D eigenvalue weighted by Gasteiger charge is 1.99. The van der Waals surface area contributed by atoms with Crippen LogP contribution in [0.15, 0.2) is 24.3 Å². The Labute approximate surface area is 99.5 Å². The van der Waals surface area contributed by atoms with Crippen LogP contribution in [0.25, 0.3) is 0 Å². The fourth-order valence-electron chi connectivity index (χ4n) is 1.55. The van der Waals surface area contributed by atoms with E-state index in [0.29, 0.717) is 0 Å². The van der Waals surface area contributed by atoms with E-state index in [9.17, 15) is 0 Å². The molecule has 4 heteroatoms. The third kappa shape index (κ3) is 3.03. The van der Waals surface area contributed by atoms with Crippen LogP contribution in [-0.2, 0) is 6.42 Å². The summed E-state index contributed by atoms with van der Waals surface area (Å²) in [6.07, 6.45) is 1.01. The summed E-state index contributed by atoms with van der Waals surface area (Å²) in [6.45, 7) is 4.98. The molecule has 1 aromatic carbocycles. The van der Waals surface area contributed by atoms with Crippen LogP contribution in [0.4, 0.5) is 5.13 Å². The first-order valence-corrected chi connectivity index (χ1v) is 6.15. The molecular weight excluding hydrogens is 218 g/mol. The topological polar surface area (TPSA) is 37.8 Å². The first kappa shape index (κ1) is 11.1. The van der Waals surface area contributed by atoms with Gasteiger partial charge in [-0.15, -0.1) is 10.2 Å². The number of nitrogens with one attached hydrogen (secondary N) is 1. The number of hydrogen-bond acceptors (Lipinski definition) is 4. The van der Waals surface area contributed by atoms with Gasteiger partial charge in [-0.25, -0.2) is 0 Å². The molecule has 0 spiro atoms. The number of aromatic nitrogens is 2. The van der Waals surface area contributed by atoms with E-state index in [0.717, 1.165) is 23.1 Å². The van der Waals surface area contributed by atoms with Crippen molar-refractivity contribution in [2.45, 2.75) is 20.3 Å². The molecule has 0 radical (unpaired) electrons. The van der Waals surface area contributed by atoms with Crippen molar-refractivity contribution < 1.29 is 0 Å². The molecule has 0 aliphatic rings. The number of anilines is 1. The maximum atomic E-state index is 4.02. The van der Waals surface area contributed by atoms with Crippen LogP contribution >= 0.6 is 11.3 Å². The molecule has 0 aliphatic heterocycles. The first-order valence-electron chi connectivity index (χ1n) is 5.33. The van der Waals surface area contributed by atoms with Gasteiger partial charge in [-0.3, -0.25) is 0 Å². The summed E-state index contributed by atoms with van der Waals surface area (Å²) in [5.41, 5.74) is 2.66. The molecule has 16 heavy (non-hydrogen) atoms. The van der Waals surface area contributed by atoms with E-state index in [1.54, 1.807) is 11.3 Å². The predicted molar refractivity (Wildman–Crippen MR) is 68.0 cm³/mol. The van der Waals surface area contributed by atoms with Crippen LogP contribution in [0.5, 0.6) is 0 Å². The third-order valence-electron chi connectivity index (χ3n) is 2.30. The number of rotatable bonds is 4. The van der Waals surface area contributed by atoms with Crippen molar-refractivity contribution >= 4 is 16.5 Å². The zero-order valence-electron chi connectivity index (χ0n) is 9.53. The minimum absolute atomic E-state index is 0.901. The number of aryl methyl sites for hydroxylation is 2. The standard InChI is InChI=1S/C12H15N3S/c1-9-4-3-5-11(8-9)6-7-13-12-15-14-10(2)16-12/h3-5,8H,6-7H2,1-2H3,(H,13,15). The van der Waals surface area contributed by atoms with E-state index >= 15 is 0 Å². The maximum Gasteiger partial charge on any atom is 0.205 e. The van der Waals surface area contributed by atoms with Crippen LogP contribution < -0.4 is 5.32 Å². The lowest BCUT2D eigenvalue weighted by Gasteiger charge is -2.03. The summed E-state index contributed by atoms with van der Waals surface area (Å²) in [4.78, 5) is 0. The quantitative estimate of drug-likeness (QED) is 0.882. The van der Waals surface area contributed by atoms with Crippen LogP contribution in [0.2, 0.25) is 0 Å². The Hall–Kier alpha value is -1.42. The summed E-state index contributed by atoms with van der Waals surface area (Å²) in [7, 11) is 0. The van der Waals surface area contributed by atoms with Gasteiger partial charge < -0.3 is 5.32 Å². The van der Waals surface area contributed by atoms with Gasteiger partial charge in [-0.2, -0.15) is 0 Å². The average molecular weight is 233 g/mol. The average Bonchev–Trinajstić information content (AvgIpc) is 2.64. The van der Waals surface area contributed by atoms with Gasteiger partial charge in [0, 0.05) is 6.54 Å². The van der Waals surface area contributed by atoms with Gasteiger partial charge in [-0.1, -0.05) is 41.2 Å². The molecule has 1 aromatic heterocycles. The van der Waals surface area contributed by atoms with E-state index in [2.05, 4.69) is 46.7 Å². The van der Waals surface area contributed by atoms with Crippen molar-refractivity contribution in [1.29, 1.82) is 0 Å². The fraction of sp³-hybridized carbons (Fsp3) is 0.333. The van der Waals surface area contributed by atoms with Crippen molar-refractivity contribution in [3.63, 3.8) is 0 Å². The van der Waals surface area contributed by atoms with Crippen molar-refractivity contribution in [3.05, 3.63) is 40.4 Å². The Morgan fingerprint density at radius 1 is 1.25 bits per heavy atom. The highest BCUT2D eigenvalue weighted by Crippen LogP contribution is 2.13. The van der Waals surface area contributed by atoms with E-state index in [4.69, 9.17) is 0 Å². The summed E-state index contributed by atoms with van der Waals surface area (Å²) in [6, 6.07) is 8.58. The molecule has 0 atom stereocenters. The van der Waals surface area contributed by atoms with E-state index in [1.807, 2.05) is 6.92 Å². The smallest absolute Gasteiger partial charge is 0.205 e. The molecule has 3 nitrogen and oxygen atoms in total. The lowest BCUT2D eigenvalue weighted by Crippen LogP contribution is -2.04. The summed E-state index contributed by atoms with van der Waals surface area (Å²) in [5.74, 6) is 0. The zero-order valence-corrected chi connectivity index (χ0v) is 10.3. The molecular formula is C12H15N3S. The Balaban J connectivity index is 1.84. The van der Waals surface area contributed by atoms with Gasteiger partial charge >= 0.3 is 0 Å². The molecule has 84 valence electrons. The van der Waals surface area contributed by atoms with Crippen molar-refractivity contribution in [1.82, 2.24) is 10.2 Å². The highest BCUT2D eigenvalue weighted by molar-refractivity contribution is 7.15. The summed E-state index contributed by atoms with van der Waals surface area (Å²) >= 11 is 1.59. The molecule has 2 aromatic rings. The Morgan fingerprint density at radius 3 is 2.81 bits per heavy atom. The zero-order chi connectivity index (χ0) is 11.4. The largest absolute Gasteiger partial charge is 0.360 e. The number of hydrogen-bond donors (Lipinski definition) is 1. The molecule has 0 unspecified atom stereocenters. The van der Waals surface area contributed by atoms with Crippen LogP contribution in [0.3, 0.4) is 0 Å². The van der Waals surface area contributed by atoms with Crippen LogP contribution in [0.1, 0.15) is 16.1 Å². The SMILES string of the molecule is Cc1cccc(CCNc2nnc(C)s2)c1. The van der Waals surface area contributed by atoms with Gasteiger partial charge in [0.2, 0.25) is 5.13 Å². The monoisotopic (exact) mass is 233 g/mol. The van der Waals surface area contributed by atoms with E-state index in [1.165, 1.54) is 11.1 Å². The van der Waals surface area contributed by atoms with Gasteiger partial charge in [0.25, 0.3) is 0 Å². The first-order chi connectivity index (χ1) is 7.74. The minimum atomic E-state index is 0.901. The Bertz CT molecular complexity index is 465. The van der Waals surface area contributed by atoms with Crippen molar-refractivity contribution in [2.75, 3.05) is 11.9 Å². The van der Waals surface area contributed by atoms with Crippen molar-refractivity contribution in [2.24, 2.45) is 0 Å². The molecule has 0 aliphatic carbocycles. The molecule has 2 rings (SSSR count). The Kier molecular flexibility index (Phi) is 3.51. The lowest BCUT2D eigenvalue weighted by atomic mass is 10.1. The van der Waals surface area contributed by atoms with Gasteiger partial charge in [-0.05, 0) is 25.8 Å². The second-order valence-corrected chi connectivity index (χ2v) is 4.97. The highest BCUT2D eigenvalue weighted by atomic mass is 32.1. The third-order valence-corrected chi connectivity index (χ3v) is 3.09. The lowest BCUT2D eigenvalue weighted by molar-refractivity contribution is 0.985. The van der Waals surface area contributed by atoms with Crippen LogP contribution in [0, 0.1) is 13.8 Å². The van der Waals surface area contributed by atoms with E-state index < -0.39 is 0 Å². The molecule has 1 N–H and O–H groups in total.